The number of nitrogens with zero attached hydrogens (tertiary/aromatic N) is 2. The minimum atomic E-state index is 0.598. The van der Waals surface area contributed by atoms with Gasteiger partial charge in [0.1, 0.15) is 17.3 Å². The van der Waals surface area contributed by atoms with Crippen LogP contribution in [0.25, 0.3) is 0 Å². The summed E-state index contributed by atoms with van der Waals surface area (Å²) in [5.74, 6) is 3.05. The lowest BCUT2D eigenvalue weighted by atomic mass is 10.1. The summed E-state index contributed by atoms with van der Waals surface area (Å²) in [6, 6.07) is 17.6. The number of nitrogens with one attached hydrogen (secondary N) is 2. The average Bonchev–Trinajstić information content (AvgIpc) is 2.68. The third-order valence-corrected chi connectivity index (χ3v) is 4.09. The number of methoxy groups -OCH3 is 2. The summed E-state index contributed by atoms with van der Waals surface area (Å²) in [6.07, 6.45) is 0.822. The van der Waals surface area contributed by atoms with Crippen LogP contribution in [0.1, 0.15) is 11.3 Å². The highest BCUT2D eigenvalue weighted by molar-refractivity contribution is 5.58. The van der Waals surface area contributed by atoms with E-state index in [4.69, 9.17) is 9.47 Å². The summed E-state index contributed by atoms with van der Waals surface area (Å²) in [5, 5.41) is 6.59. The van der Waals surface area contributed by atoms with Crippen molar-refractivity contribution in [3.05, 3.63) is 65.9 Å². The molecule has 6 nitrogen and oxygen atoms in total. The van der Waals surface area contributed by atoms with Crippen LogP contribution in [0, 0.1) is 6.92 Å². The highest BCUT2D eigenvalue weighted by Crippen LogP contribution is 2.20. The molecule has 0 unspecified atom stereocenters. The normalized spacial score (nSPS) is 10.3. The van der Waals surface area contributed by atoms with E-state index in [1.807, 2.05) is 55.5 Å². The van der Waals surface area contributed by atoms with Crippen molar-refractivity contribution in [3.8, 4) is 11.5 Å². The number of rotatable bonds is 8. The molecule has 0 aliphatic rings. The molecular weight excluding hydrogens is 340 g/mol. The molecule has 0 fully saturated rings. The number of anilines is 3. The maximum atomic E-state index is 5.39. The number of hydrogen-bond acceptors (Lipinski definition) is 6. The lowest BCUT2D eigenvalue weighted by Crippen LogP contribution is -2.10. The lowest BCUT2D eigenvalue weighted by molar-refractivity contribution is 0.410. The van der Waals surface area contributed by atoms with Gasteiger partial charge in [0.25, 0.3) is 0 Å². The molecule has 3 rings (SSSR count). The Hall–Kier alpha value is -3.28. The monoisotopic (exact) mass is 364 g/mol. The second-order valence-corrected chi connectivity index (χ2v) is 6.06. The molecule has 1 aromatic heterocycles. The Balaban J connectivity index is 1.64. The molecule has 0 atom stereocenters. The fourth-order valence-electron chi connectivity index (χ4n) is 2.75. The van der Waals surface area contributed by atoms with Crippen molar-refractivity contribution in [1.82, 2.24) is 9.97 Å². The summed E-state index contributed by atoms with van der Waals surface area (Å²) in [5.41, 5.74) is 2.98. The quantitative estimate of drug-likeness (QED) is 0.624. The molecule has 140 valence electrons. The number of ether oxygens (including phenoxy) is 2. The minimum Gasteiger partial charge on any atom is -0.497 e. The molecule has 0 amide bonds. The second-order valence-electron chi connectivity index (χ2n) is 6.06. The van der Waals surface area contributed by atoms with Crippen LogP contribution in [0.2, 0.25) is 0 Å². The van der Waals surface area contributed by atoms with Gasteiger partial charge in [0.05, 0.1) is 14.2 Å². The molecule has 0 saturated carbocycles. The summed E-state index contributed by atoms with van der Waals surface area (Å²) in [6.45, 7) is 2.66. The smallest absolute Gasteiger partial charge is 0.224 e. The molecule has 0 bridgehead atoms. The van der Waals surface area contributed by atoms with E-state index >= 15 is 0 Å². The zero-order valence-electron chi connectivity index (χ0n) is 15.8. The Kier molecular flexibility index (Phi) is 6.10. The molecule has 0 radical (unpaired) electrons. The van der Waals surface area contributed by atoms with Gasteiger partial charge in [0, 0.05) is 24.0 Å². The molecule has 0 spiro atoms. The van der Waals surface area contributed by atoms with Crippen molar-refractivity contribution in [2.75, 3.05) is 31.4 Å². The molecule has 0 saturated heterocycles. The highest BCUT2D eigenvalue weighted by Gasteiger charge is 2.05. The van der Waals surface area contributed by atoms with E-state index < -0.39 is 0 Å². The van der Waals surface area contributed by atoms with Gasteiger partial charge >= 0.3 is 0 Å². The number of hydrogen-bond donors (Lipinski definition) is 2. The van der Waals surface area contributed by atoms with Crippen LogP contribution in [0.5, 0.6) is 11.5 Å². The maximum Gasteiger partial charge on any atom is 0.224 e. The fourth-order valence-corrected chi connectivity index (χ4v) is 2.75. The first-order chi connectivity index (χ1) is 13.2. The molecule has 0 aliphatic heterocycles. The first-order valence-electron chi connectivity index (χ1n) is 8.80. The average molecular weight is 364 g/mol. The fraction of sp³-hybridized carbons (Fsp3) is 0.238. The summed E-state index contributed by atoms with van der Waals surface area (Å²) >= 11 is 0. The van der Waals surface area contributed by atoms with Gasteiger partial charge in [-0.1, -0.05) is 18.2 Å². The van der Waals surface area contributed by atoms with E-state index in [2.05, 4.69) is 26.7 Å². The van der Waals surface area contributed by atoms with Crippen molar-refractivity contribution in [1.29, 1.82) is 0 Å². The van der Waals surface area contributed by atoms with Gasteiger partial charge in [-0.3, -0.25) is 0 Å². The third kappa shape index (κ3) is 5.10. The van der Waals surface area contributed by atoms with Crippen LogP contribution in [-0.4, -0.2) is 30.7 Å². The summed E-state index contributed by atoms with van der Waals surface area (Å²) in [7, 11) is 3.34. The van der Waals surface area contributed by atoms with Gasteiger partial charge in [-0.05, 0) is 49.2 Å². The van der Waals surface area contributed by atoms with E-state index in [0.29, 0.717) is 12.5 Å². The van der Waals surface area contributed by atoms with Crippen molar-refractivity contribution in [2.45, 2.75) is 13.3 Å². The number of aryl methyl sites for hydroxylation is 1. The van der Waals surface area contributed by atoms with E-state index in [-0.39, 0.29) is 0 Å². The van der Waals surface area contributed by atoms with E-state index in [0.717, 1.165) is 40.7 Å². The molecule has 0 aliphatic carbocycles. The number of aromatic nitrogens is 2. The van der Waals surface area contributed by atoms with Crippen LogP contribution in [0.4, 0.5) is 17.5 Å². The largest absolute Gasteiger partial charge is 0.497 e. The maximum absolute atomic E-state index is 5.39. The Morgan fingerprint density at radius 3 is 2.44 bits per heavy atom. The van der Waals surface area contributed by atoms with Crippen LogP contribution in [0.3, 0.4) is 0 Å². The van der Waals surface area contributed by atoms with Crippen LogP contribution in [0.15, 0.2) is 54.6 Å². The topological polar surface area (TPSA) is 68.3 Å². The molecule has 3 aromatic rings. The Morgan fingerprint density at radius 1 is 0.926 bits per heavy atom. The molecule has 6 heteroatoms. The van der Waals surface area contributed by atoms with Crippen molar-refractivity contribution < 1.29 is 9.47 Å². The van der Waals surface area contributed by atoms with Gasteiger partial charge in [-0.25, -0.2) is 4.98 Å². The van der Waals surface area contributed by atoms with E-state index in [1.54, 1.807) is 14.2 Å². The summed E-state index contributed by atoms with van der Waals surface area (Å²) in [4.78, 5) is 9.01. The molecule has 27 heavy (non-hydrogen) atoms. The highest BCUT2D eigenvalue weighted by atomic mass is 16.5. The third-order valence-electron chi connectivity index (χ3n) is 4.09. The SMILES string of the molecule is COc1ccc(Nc2cc(C)nc(NCCc3ccccc3OC)n2)cc1. The second kappa shape index (κ2) is 8.89. The van der Waals surface area contributed by atoms with Gasteiger partial charge < -0.3 is 20.1 Å². The predicted octanol–water partition coefficient (Wildman–Crippen LogP) is 4.20. The first kappa shape index (κ1) is 18.5. The zero-order chi connectivity index (χ0) is 19.1. The molecule has 1 heterocycles. The lowest BCUT2D eigenvalue weighted by Gasteiger charge is -2.11. The first-order valence-corrected chi connectivity index (χ1v) is 8.80. The van der Waals surface area contributed by atoms with Crippen LogP contribution in [-0.2, 0) is 6.42 Å². The van der Waals surface area contributed by atoms with E-state index in [9.17, 15) is 0 Å². The standard InChI is InChI=1S/C21H24N4O2/c1-15-14-20(24-17-8-10-18(26-2)11-9-17)25-21(23-15)22-13-12-16-6-4-5-7-19(16)27-3/h4-11,14H,12-13H2,1-3H3,(H2,22,23,24,25). The molecule has 2 aromatic carbocycles. The van der Waals surface area contributed by atoms with Crippen LogP contribution >= 0.6 is 0 Å². The Morgan fingerprint density at radius 2 is 1.70 bits per heavy atom. The van der Waals surface area contributed by atoms with Crippen molar-refractivity contribution in [2.24, 2.45) is 0 Å². The van der Waals surface area contributed by atoms with Gasteiger partial charge in [0.2, 0.25) is 5.95 Å². The van der Waals surface area contributed by atoms with E-state index in [1.165, 1.54) is 0 Å². The van der Waals surface area contributed by atoms with Crippen molar-refractivity contribution in [3.63, 3.8) is 0 Å². The number of benzene rings is 2. The summed E-state index contributed by atoms with van der Waals surface area (Å²) < 4.78 is 10.6. The number of para-hydroxylation sites is 1. The molecular formula is C21H24N4O2. The van der Waals surface area contributed by atoms with Gasteiger partial charge in [-0.2, -0.15) is 4.98 Å². The molecule has 2 N–H and O–H groups in total. The minimum absolute atomic E-state index is 0.598. The Labute approximate surface area is 159 Å². The van der Waals surface area contributed by atoms with Crippen molar-refractivity contribution >= 4 is 17.5 Å². The Bertz CT molecular complexity index is 882. The predicted molar refractivity (Wildman–Crippen MR) is 108 cm³/mol. The van der Waals surface area contributed by atoms with Crippen LogP contribution < -0.4 is 20.1 Å². The van der Waals surface area contributed by atoms with Gasteiger partial charge in [0.15, 0.2) is 0 Å². The van der Waals surface area contributed by atoms with Gasteiger partial charge in [-0.15, -0.1) is 0 Å². The zero-order valence-corrected chi connectivity index (χ0v) is 15.8.